The Bertz CT molecular complexity index is 800. The molecule has 0 radical (unpaired) electrons. The molecule has 0 heterocycles. The van der Waals surface area contributed by atoms with Crippen LogP contribution < -0.4 is 4.72 Å². The zero-order valence-electron chi connectivity index (χ0n) is 12.0. The molecule has 3 rings (SSSR count). The summed E-state index contributed by atoms with van der Waals surface area (Å²) in [6.07, 6.45) is -0.437. The number of rotatable bonds is 3. The Labute approximate surface area is 128 Å². The van der Waals surface area contributed by atoms with Crippen LogP contribution in [0.15, 0.2) is 47.4 Å². The highest BCUT2D eigenvalue weighted by molar-refractivity contribution is 7.89. The maximum Gasteiger partial charge on any atom is 0.241 e. The van der Waals surface area contributed by atoms with E-state index in [-0.39, 0.29) is 4.90 Å². The van der Waals surface area contributed by atoms with Gasteiger partial charge in [0.25, 0.3) is 0 Å². The molecule has 0 aliphatic heterocycles. The van der Waals surface area contributed by atoms with Crippen LogP contribution in [0.25, 0.3) is 0 Å². The number of hydrogen-bond acceptors (Lipinski definition) is 3. The third kappa shape index (κ3) is 2.77. The Balaban J connectivity index is 1.95. The van der Waals surface area contributed by atoms with Crippen molar-refractivity contribution in [1.82, 2.24) is 4.72 Å². The first-order valence-electron chi connectivity index (χ1n) is 6.92. The number of sulfonamides is 1. The molecule has 22 heavy (non-hydrogen) atoms. The van der Waals surface area contributed by atoms with Gasteiger partial charge in [-0.1, -0.05) is 24.3 Å². The molecule has 0 bridgehead atoms. The summed E-state index contributed by atoms with van der Waals surface area (Å²) in [5.41, 5.74) is 2.19. The highest BCUT2D eigenvalue weighted by Crippen LogP contribution is 2.32. The van der Waals surface area contributed by atoms with Gasteiger partial charge in [-0.05, 0) is 41.8 Å². The minimum atomic E-state index is -3.91. The van der Waals surface area contributed by atoms with E-state index in [4.69, 9.17) is 0 Å². The summed E-state index contributed by atoms with van der Waals surface area (Å²) in [5.74, 6) is -0.604. The van der Waals surface area contributed by atoms with Gasteiger partial charge in [-0.15, -0.1) is 0 Å². The summed E-state index contributed by atoms with van der Waals surface area (Å²) in [6, 6.07) is 10.2. The molecule has 2 atom stereocenters. The first-order valence-corrected chi connectivity index (χ1v) is 8.40. The zero-order valence-corrected chi connectivity index (χ0v) is 12.8. The van der Waals surface area contributed by atoms with Gasteiger partial charge in [0.2, 0.25) is 10.0 Å². The lowest BCUT2D eigenvalue weighted by molar-refractivity contribution is 0.151. The van der Waals surface area contributed by atoms with E-state index in [9.17, 15) is 17.9 Å². The number of aliphatic hydroxyl groups is 1. The van der Waals surface area contributed by atoms with Crippen molar-refractivity contribution in [2.45, 2.75) is 30.4 Å². The average Bonchev–Trinajstić information content (AvgIpc) is 2.74. The summed E-state index contributed by atoms with van der Waals surface area (Å²) in [4.78, 5) is -0.137. The second kappa shape index (κ2) is 5.46. The van der Waals surface area contributed by atoms with E-state index >= 15 is 0 Å². The van der Waals surface area contributed by atoms with E-state index in [1.165, 1.54) is 12.1 Å². The lowest BCUT2D eigenvalue weighted by Gasteiger charge is -2.18. The van der Waals surface area contributed by atoms with Gasteiger partial charge in [0, 0.05) is 6.42 Å². The van der Waals surface area contributed by atoms with E-state index in [1.807, 2.05) is 12.1 Å². The quantitative estimate of drug-likeness (QED) is 0.909. The molecular weight excluding hydrogens is 305 g/mol. The van der Waals surface area contributed by atoms with Crippen molar-refractivity contribution in [3.63, 3.8) is 0 Å². The summed E-state index contributed by atoms with van der Waals surface area (Å²) in [5, 5.41) is 10.1. The highest BCUT2D eigenvalue weighted by atomic mass is 32.2. The maximum atomic E-state index is 13.4. The molecule has 2 aromatic rings. The lowest BCUT2D eigenvalue weighted by Crippen LogP contribution is -2.34. The molecule has 1 aliphatic carbocycles. The molecule has 0 saturated heterocycles. The van der Waals surface area contributed by atoms with Gasteiger partial charge in [0.15, 0.2) is 0 Å². The van der Waals surface area contributed by atoms with E-state index in [2.05, 4.69) is 4.72 Å². The van der Waals surface area contributed by atoms with Gasteiger partial charge in [0.1, 0.15) is 5.82 Å². The summed E-state index contributed by atoms with van der Waals surface area (Å²) >= 11 is 0. The minimum Gasteiger partial charge on any atom is -0.391 e. The Kier molecular flexibility index (Phi) is 3.76. The fourth-order valence-electron chi connectivity index (χ4n) is 2.81. The first-order chi connectivity index (χ1) is 10.4. The summed E-state index contributed by atoms with van der Waals surface area (Å²) < 4.78 is 40.9. The Morgan fingerprint density at radius 1 is 1.23 bits per heavy atom. The molecule has 4 nitrogen and oxygen atoms in total. The van der Waals surface area contributed by atoms with Crippen molar-refractivity contribution in [2.75, 3.05) is 0 Å². The second-order valence-electron chi connectivity index (χ2n) is 5.53. The number of aliphatic hydroxyl groups excluding tert-OH is 1. The highest BCUT2D eigenvalue weighted by Gasteiger charge is 2.34. The molecule has 1 aliphatic rings. The molecule has 0 spiro atoms. The van der Waals surface area contributed by atoms with Crippen LogP contribution in [-0.2, 0) is 16.4 Å². The van der Waals surface area contributed by atoms with Crippen LogP contribution in [0.5, 0.6) is 0 Å². The van der Waals surface area contributed by atoms with Gasteiger partial charge >= 0.3 is 0 Å². The summed E-state index contributed by atoms with van der Waals surface area (Å²) in [6.45, 7) is 1.63. The van der Waals surface area contributed by atoms with Gasteiger partial charge < -0.3 is 5.11 Å². The number of aryl methyl sites for hydroxylation is 1. The lowest BCUT2D eigenvalue weighted by atomic mass is 10.1. The molecule has 116 valence electrons. The van der Waals surface area contributed by atoms with Crippen molar-refractivity contribution in [1.29, 1.82) is 0 Å². The van der Waals surface area contributed by atoms with Crippen LogP contribution >= 0.6 is 0 Å². The number of fused-ring (bicyclic) bond motifs is 1. The third-order valence-electron chi connectivity index (χ3n) is 3.81. The SMILES string of the molecule is Cc1cc(F)cc(S(=O)(=O)NC2c3ccccc3CC2O)c1. The molecule has 0 saturated carbocycles. The van der Waals surface area contributed by atoms with E-state index < -0.39 is 28.0 Å². The molecular formula is C16H16FNO3S. The number of nitrogens with one attached hydrogen (secondary N) is 1. The van der Waals surface area contributed by atoms with Crippen molar-refractivity contribution in [2.24, 2.45) is 0 Å². The predicted octanol–water partition coefficient (Wildman–Crippen LogP) is 2.07. The number of hydrogen-bond donors (Lipinski definition) is 2. The van der Waals surface area contributed by atoms with E-state index in [0.717, 1.165) is 17.2 Å². The maximum absolute atomic E-state index is 13.4. The molecule has 0 aromatic heterocycles. The summed E-state index contributed by atoms with van der Waals surface area (Å²) in [7, 11) is -3.91. The largest absolute Gasteiger partial charge is 0.391 e. The Morgan fingerprint density at radius 3 is 2.68 bits per heavy atom. The molecule has 2 aromatic carbocycles. The fraction of sp³-hybridized carbons (Fsp3) is 0.250. The smallest absolute Gasteiger partial charge is 0.241 e. The van der Waals surface area contributed by atoms with E-state index in [0.29, 0.717) is 12.0 Å². The van der Waals surface area contributed by atoms with Gasteiger partial charge in [-0.25, -0.2) is 17.5 Å². The van der Waals surface area contributed by atoms with Gasteiger partial charge in [-0.3, -0.25) is 0 Å². The van der Waals surface area contributed by atoms with Crippen LogP contribution in [0.1, 0.15) is 22.7 Å². The Hall–Kier alpha value is -1.76. The van der Waals surface area contributed by atoms with Gasteiger partial charge in [0.05, 0.1) is 17.0 Å². The molecule has 2 unspecified atom stereocenters. The average molecular weight is 321 g/mol. The zero-order chi connectivity index (χ0) is 15.9. The molecule has 6 heteroatoms. The van der Waals surface area contributed by atoms with Crippen LogP contribution in [0, 0.1) is 12.7 Å². The van der Waals surface area contributed by atoms with Gasteiger partial charge in [-0.2, -0.15) is 0 Å². The van der Waals surface area contributed by atoms with Crippen molar-refractivity contribution >= 4 is 10.0 Å². The first kappa shape index (κ1) is 15.1. The minimum absolute atomic E-state index is 0.137. The standard InChI is InChI=1S/C16H16FNO3S/c1-10-6-12(17)9-13(7-10)22(20,21)18-16-14-5-3-2-4-11(14)8-15(16)19/h2-7,9,15-16,18-19H,8H2,1H3. The number of benzene rings is 2. The van der Waals surface area contributed by atoms with Crippen molar-refractivity contribution in [3.05, 3.63) is 65.0 Å². The Morgan fingerprint density at radius 2 is 1.95 bits per heavy atom. The predicted molar refractivity (Wildman–Crippen MR) is 80.4 cm³/mol. The fourth-order valence-corrected chi connectivity index (χ4v) is 4.17. The topological polar surface area (TPSA) is 66.4 Å². The monoisotopic (exact) mass is 321 g/mol. The van der Waals surface area contributed by atoms with Crippen LogP contribution in [0.2, 0.25) is 0 Å². The van der Waals surface area contributed by atoms with E-state index in [1.54, 1.807) is 19.1 Å². The van der Waals surface area contributed by atoms with Crippen LogP contribution in [0.3, 0.4) is 0 Å². The number of halogens is 1. The van der Waals surface area contributed by atoms with Crippen LogP contribution in [-0.4, -0.2) is 19.6 Å². The molecule has 0 amide bonds. The molecule has 0 fully saturated rings. The molecule has 2 N–H and O–H groups in total. The normalized spacial score (nSPS) is 20.9. The van der Waals surface area contributed by atoms with Crippen molar-refractivity contribution in [3.8, 4) is 0 Å². The third-order valence-corrected chi connectivity index (χ3v) is 5.23. The second-order valence-corrected chi connectivity index (χ2v) is 7.25. The van der Waals surface area contributed by atoms with Crippen molar-refractivity contribution < 1.29 is 17.9 Å². The van der Waals surface area contributed by atoms with Crippen LogP contribution in [0.4, 0.5) is 4.39 Å².